The second-order valence-electron chi connectivity index (χ2n) is 3.74. The first kappa shape index (κ1) is 12.0. The van der Waals surface area contributed by atoms with Crippen LogP contribution in [0.15, 0.2) is 0 Å². The van der Waals surface area contributed by atoms with Gasteiger partial charge in [0.1, 0.15) is 5.82 Å². The van der Waals surface area contributed by atoms with Crippen LogP contribution in [0, 0.1) is 0 Å². The molecular formula is C10H20N4O. The minimum absolute atomic E-state index is 0.317. The molecule has 0 aliphatic heterocycles. The Balaban J connectivity index is 1.93. The van der Waals surface area contributed by atoms with E-state index in [0.29, 0.717) is 12.6 Å². The number of nitrogens with zero attached hydrogens (tertiary/aromatic N) is 2. The van der Waals surface area contributed by atoms with Crippen molar-refractivity contribution in [1.29, 1.82) is 0 Å². The lowest BCUT2D eigenvalue weighted by atomic mass is 10.1. The average Bonchev–Trinajstić information content (AvgIpc) is 2.63. The number of aliphatic hydroxyl groups excluding tert-OH is 1. The van der Waals surface area contributed by atoms with Crippen molar-refractivity contribution in [1.82, 2.24) is 15.2 Å². The van der Waals surface area contributed by atoms with Gasteiger partial charge in [-0.05, 0) is 12.8 Å². The summed E-state index contributed by atoms with van der Waals surface area (Å²) in [5.41, 5.74) is 5.39. The van der Waals surface area contributed by atoms with Crippen LogP contribution in [0.25, 0.3) is 0 Å². The van der Waals surface area contributed by atoms with E-state index in [1.807, 2.05) is 0 Å². The molecule has 4 N–H and O–H groups in total. The Morgan fingerprint density at radius 2 is 1.73 bits per heavy atom. The first-order valence-corrected chi connectivity index (χ1v) is 5.60. The number of rotatable bonds is 8. The molecule has 1 heterocycles. The highest BCUT2D eigenvalue weighted by Gasteiger charge is 1.98. The van der Waals surface area contributed by atoms with Crippen LogP contribution in [-0.4, -0.2) is 26.9 Å². The number of nitrogens with one attached hydrogen (secondary N) is 1. The molecule has 1 rings (SSSR count). The van der Waals surface area contributed by atoms with Gasteiger partial charge in [-0.15, -0.1) is 5.10 Å². The molecule has 5 heteroatoms. The van der Waals surface area contributed by atoms with E-state index in [-0.39, 0.29) is 0 Å². The minimum atomic E-state index is 0.317. The van der Waals surface area contributed by atoms with Crippen LogP contribution >= 0.6 is 0 Å². The molecule has 0 radical (unpaired) electrons. The lowest BCUT2D eigenvalue weighted by Crippen LogP contribution is -1.90. The van der Waals surface area contributed by atoms with Gasteiger partial charge < -0.3 is 10.8 Å². The summed E-state index contributed by atoms with van der Waals surface area (Å²) in [5, 5.41) is 15.2. The lowest BCUT2D eigenvalue weighted by molar-refractivity contribution is 0.282. The molecule has 0 aliphatic carbocycles. The number of aromatic nitrogens is 3. The Hall–Kier alpha value is -1.10. The Labute approximate surface area is 90.1 Å². The molecular weight excluding hydrogens is 192 g/mol. The van der Waals surface area contributed by atoms with Gasteiger partial charge in [0.25, 0.3) is 0 Å². The van der Waals surface area contributed by atoms with Crippen molar-refractivity contribution >= 4 is 5.95 Å². The largest absolute Gasteiger partial charge is 0.396 e. The van der Waals surface area contributed by atoms with E-state index in [1.54, 1.807) is 0 Å². The Bertz CT molecular complexity index is 262. The first-order valence-electron chi connectivity index (χ1n) is 5.60. The highest BCUT2D eigenvalue weighted by Crippen LogP contribution is 2.07. The third kappa shape index (κ3) is 5.37. The van der Waals surface area contributed by atoms with Gasteiger partial charge in [0, 0.05) is 13.0 Å². The van der Waals surface area contributed by atoms with Crippen molar-refractivity contribution in [3.63, 3.8) is 0 Å². The monoisotopic (exact) mass is 212 g/mol. The van der Waals surface area contributed by atoms with Crippen LogP contribution in [0.1, 0.15) is 44.3 Å². The standard InChI is InChI=1S/C10H20N4O/c11-10-12-9(13-14-10)7-5-3-1-2-4-6-8-15/h15H,1-8H2,(H3,11,12,13,14). The summed E-state index contributed by atoms with van der Waals surface area (Å²) in [6, 6.07) is 0. The summed E-state index contributed by atoms with van der Waals surface area (Å²) >= 11 is 0. The quantitative estimate of drug-likeness (QED) is 0.566. The predicted octanol–water partition coefficient (Wildman–Crippen LogP) is 1.26. The van der Waals surface area contributed by atoms with Gasteiger partial charge in [-0.1, -0.05) is 25.7 Å². The molecule has 0 unspecified atom stereocenters. The number of unbranched alkanes of at least 4 members (excludes halogenated alkanes) is 5. The smallest absolute Gasteiger partial charge is 0.239 e. The van der Waals surface area contributed by atoms with Crippen molar-refractivity contribution in [2.45, 2.75) is 44.9 Å². The Kier molecular flexibility index (Phi) is 5.77. The maximum atomic E-state index is 8.59. The highest BCUT2D eigenvalue weighted by atomic mass is 16.2. The molecule has 0 saturated heterocycles. The van der Waals surface area contributed by atoms with Gasteiger partial charge in [0.2, 0.25) is 5.95 Å². The summed E-state index contributed by atoms with van der Waals surface area (Å²) in [6.45, 7) is 0.317. The second-order valence-corrected chi connectivity index (χ2v) is 3.74. The summed E-state index contributed by atoms with van der Waals surface area (Å²) < 4.78 is 0. The van der Waals surface area contributed by atoms with Crippen molar-refractivity contribution in [2.75, 3.05) is 12.3 Å². The van der Waals surface area contributed by atoms with Gasteiger partial charge in [-0.2, -0.15) is 4.98 Å². The summed E-state index contributed by atoms with van der Waals surface area (Å²) in [4.78, 5) is 4.04. The molecule has 0 spiro atoms. The van der Waals surface area contributed by atoms with Gasteiger partial charge in [-0.3, -0.25) is 5.10 Å². The molecule has 0 aromatic carbocycles. The van der Waals surface area contributed by atoms with Gasteiger partial charge in [-0.25, -0.2) is 0 Å². The lowest BCUT2D eigenvalue weighted by Gasteiger charge is -1.99. The molecule has 0 amide bonds. The number of hydrogen-bond acceptors (Lipinski definition) is 4. The fourth-order valence-electron chi connectivity index (χ4n) is 1.53. The van der Waals surface area contributed by atoms with Crippen LogP contribution in [0.3, 0.4) is 0 Å². The first-order chi connectivity index (χ1) is 7.33. The molecule has 0 bridgehead atoms. The summed E-state index contributed by atoms with van der Waals surface area (Å²) in [7, 11) is 0. The van der Waals surface area contributed by atoms with E-state index in [1.165, 1.54) is 19.3 Å². The van der Waals surface area contributed by atoms with Crippen molar-refractivity contribution < 1.29 is 5.11 Å². The SMILES string of the molecule is Nc1n[nH]c(CCCCCCCCO)n1. The number of H-pyrrole nitrogens is 1. The number of nitrogen functional groups attached to an aromatic ring is 1. The molecule has 0 fully saturated rings. The number of aromatic amines is 1. The van der Waals surface area contributed by atoms with Gasteiger partial charge in [0.05, 0.1) is 0 Å². The maximum Gasteiger partial charge on any atom is 0.239 e. The van der Waals surface area contributed by atoms with Crippen LogP contribution < -0.4 is 5.73 Å². The number of aliphatic hydroxyl groups is 1. The molecule has 5 nitrogen and oxygen atoms in total. The zero-order chi connectivity index (χ0) is 10.9. The van der Waals surface area contributed by atoms with Crippen LogP contribution in [-0.2, 0) is 6.42 Å². The minimum Gasteiger partial charge on any atom is -0.396 e. The van der Waals surface area contributed by atoms with Crippen LogP contribution in [0.5, 0.6) is 0 Å². The Morgan fingerprint density at radius 3 is 2.33 bits per heavy atom. The van der Waals surface area contributed by atoms with E-state index >= 15 is 0 Å². The third-order valence-corrected chi connectivity index (χ3v) is 2.37. The van der Waals surface area contributed by atoms with Crippen LogP contribution in [0.2, 0.25) is 0 Å². The number of anilines is 1. The fourth-order valence-corrected chi connectivity index (χ4v) is 1.53. The number of aryl methyl sites for hydroxylation is 1. The van der Waals surface area contributed by atoms with Crippen molar-refractivity contribution in [2.24, 2.45) is 0 Å². The molecule has 15 heavy (non-hydrogen) atoms. The van der Waals surface area contributed by atoms with E-state index in [2.05, 4.69) is 15.2 Å². The van der Waals surface area contributed by atoms with E-state index < -0.39 is 0 Å². The zero-order valence-electron chi connectivity index (χ0n) is 9.08. The average molecular weight is 212 g/mol. The zero-order valence-corrected chi connectivity index (χ0v) is 9.08. The molecule has 86 valence electrons. The Morgan fingerprint density at radius 1 is 1.07 bits per heavy atom. The summed E-state index contributed by atoms with van der Waals surface area (Å²) in [6.07, 6.45) is 7.73. The van der Waals surface area contributed by atoms with Crippen molar-refractivity contribution in [3.8, 4) is 0 Å². The fraction of sp³-hybridized carbons (Fsp3) is 0.800. The predicted molar refractivity (Wildman–Crippen MR) is 59.3 cm³/mol. The second kappa shape index (κ2) is 7.23. The molecule has 0 saturated carbocycles. The topological polar surface area (TPSA) is 87.8 Å². The third-order valence-electron chi connectivity index (χ3n) is 2.37. The number of nitrogens with two attached hydrogens (primary N) is 1. The molecule has 1 aromatic heterocycles. The van der Waals surface area contributed by atoms with Crippen LogP contribution in [0.4, 0.5) is 5.95 Å². The van der Waals surface area contributed by atoms with Crippen molar-refractivity contribution in [3.05, 3.63) is 5.82 Å². The van der Waals surface area contributed by atoms with E-state index in [9.17, 15) is 0 Å². The molecule has 1 aromatic rings. The molecule has 0 aliphatic rings. The highest BCUT2D eigenvalue weighted by molar-refractivity contribution is 5.12. The van der Waals surface area contributed by atoms with Gasteiger partial charge in [0.15, 0.2) is 0 Å². The normalized spacial score (nSPS) is 10.7. The molecule has 0 atom stereocenters. The van der Waals surface area contributed by atoms with E-state index in [0.717, 1.165) is 31.5 Å². The summed E-state index contributed by atoms with van der Waals surface area (Å²) in [5.74, 6) is 1.20. The number of hydrogen-bond donors (Lipinski definition) is 3. The van der Waals surface area contributed by atoms with E-state index in [4.69, 9.17) is 10.8 Å². The maximum absolute atomic E-state index is 8.59. The van der Waals surface area contributed by atoms with Gasteiger partial charge >= 0.3 is 0 Å².